The van der Waals surface area contributed by atoms with Gasteiger partial charge in [0.1, 0.15) is 0 Å². The predicted octanol–water partition coefficient (Wildman–Crippen LogP) is 3.47. The van der Waals surface area contributed by atoms with E-state index in [1.807, 2.05) is 14.2 Å². The van der Waals surface area contributed by atoms with Crippen LogP contribution in [0.1, 0.15) is 46.5 Å². The van der Waals surface area contributed by atoms with Crippen LogP contribution in [0.4, 0.5) is 0 Å². The Morgan fingerprint density at radius 3 is 1.71 bits per heavy atom. The van der Waals surface area contributed by atoms with Crippen molar-refractivity contribution in [2.45, 2.75) is 57.0 Å². The minimum atomic E-state index is -2.01. The van der Waals surface area contributed by atoms with Gasteiger partial charge in [-0.25, -0.2) is 0 Å². The van der Waals surface area contributed by atoms with E-state index in [0.29, 0.717) is 5.54 Å². The van der Waals surface area contributed by atoms with Crippen LogP contribution in [0.5, 0.6) is 0 Å². The van der Waals surface area contributed by atoms with Crippen LogP contribution < -0.4 is 0 Å². The van der Waals surface area contributed by atoms with Gasteiger partial charge in [-0.05, 0) is 12.8 Å². The van der Waals surface area contributed by atoms with Crippen LogP contribution in [-0.2, 0) is 8.85 Å². The van der Waals surface area contributed by atoms with Crippen molar-refractivity contribution in [1.29, 1.82) is 0 Å². The minimum absolute atomic E-state index is 0.172. The van der Waals surface area contributed by atoms with Crippen LogP contribution in [0.2, 0.25) is 10.6 Å². The molecule has 0 atom stereocenters. The van der Waals surface area contributed by atoms with E-state index in [4.69, 9.17) is 8.85 Å². The molecule has 0 heterocycles. The van der Waals surface area contributed by atoms with Gasteiger partial charge in [-0.15, -0.1) is 0 Å². The first-order valence-electron chi connectivity index (χ1n) is 5.58. The Morgan fingerprint density at radius 2 is 1.43 bits per heavy atom. The van der Waals surface area contributed by atoms with Crippen molar-refractivity contribution in [3.8, 4) is 0 Å². The fourth-order valence-corrected chi connectivity index (χ4v) is 7.40. The van der Waals surface area contributed by atoms with Crippen molar-refractivity contribution >= 4 is 8.56 Å². The summed E-state index contributed by atoms with van der Waals surface area (Å²) in [5.41, 5.74) is 0.692. The predicted molar refractivity (Wildman–Crippen MR) is 61.7 cm³/mol. The monoisotopic (exact) mass is 216 g/mol. The second-order valence-electron chi connectivity index (χ2n) is 5.31. The maximum Gasteiger partial charge on any atom is 0.346 e. The molecule has 1 saturated carbocycles. The third kappa shape index (κ3) is 1.90. The van der Waals surface area contributed by atoms with Crippen molar-refractivity contribution in [3.63, 3.8) is 0 Å². The molecule has 0 aromatic heterocycles. The summed E-state index contributed by atoms with van der Waals surface area (Å²) in [4.78, 5) is 0. The zero-order valence-electron chi connectivity index (χ0n) is 10.2. The van der Waals surface area contributed by atoms with Gasteiger partial charge < -0.3 is 8.85 Å². The summed E-state index contributed by atoms with van der Waals surface area (Å²) in [6, 6.07) is 0. The Kier molecular flexibility index (Phi) is 3.78. The maximum absolute atomic E-state index is 5.85. The smallest absolute Gasteiger partial charge is 0.346 e. The summed E-state index contributed by atoms with van der Waals surface area (Å²) >= 11 is 0. The molecule has 0 bridgehead atoms. The molecule has 0 spiro atoms. The van der Waals surface area contributed by atoms with Crippen molar-refractivity contribution in [2.75, 3.05) is 14.2 Å². The van der Waals surface area contributed by atoms with E-state index in [1.54, 1.807) is 0 Å². The van der Waals surface area contributed by atoms with E-state index in [0.717, 1.165) is 0 Å². The van der Waals surface area contributed by atoms with Gasteiger partial charge >= 0.3 is 8.56 Å². The SMILES string of the molecule is CO[Si](OC)(C1CCCC1)C(C)(C)C. The summed E-state index contributed by atoms with van der Waals surface area (Å²) in [5.74, 6) is 0. The molecule has 0 radical (unpaired) electrons. The lowest BCUT2D eigenvalue weighted by Crippen LogP contribution is -2.52. The normalized spacial score (nSPS) is 20.4. The third-order valence-electron chi connectivity index (χ3n) is 3.54. The van der Waals surface area contributed by atoms with E-state index >= 15 is 0 Å². The lowest BCUT2D eigenvalue weighted by atomic mass is 10.2. The van der Waals surface area contributed by atoms with Crippen molar-refractivity contribution in [2.24, 2.45) is 0 Å². The molecule has 0 aromatic carbocycles. The first-order chi connectivity index (χ1) is 6.48. The second kappa shape index (κ2) is 4.33. The molecule has 0 N–H and O–H groups in total. The molecule has 0 unspecified atom stereocenters. The van der Waals surface area contributed by atoms with Gasteiger partial charge in [-0.1, -0.05) is 33.6 Å². The average Bonchev–Trinajstić information content (AvgIpc) is 2.58. The quantitative estimate of drug-likeness (QED) is 0.673. The first kappa shape index (κ1) is 12.2. The van der Waals surface area contributed by atoms with Crippen LogP contribution in [0.15, 0.2) is 0 Å². The molecule has 14 heavy (non-hydrogen) atoms. The van der Waals surface area contributed by atoms with Gasteiger partial charge in [-0.2, -0.15) is 0 Å². The lowest BCUT2D eigenvalue weighted by molar-refractivity contribution is 0.200. The Labute approximate surface area is 89.2 Å². The first-order valence-corrected chi connectivity index (χ1v) is 7.47. The largest absolute Gasteiger partial charge is 0.397 e. The fourth-order valence-electron chi connectivity index (χ4n) is 2.95. The standard InChI is InChI=1S/C11H24O2Si/c1-11(2,3)14(12-4,13-5)10-8-6-7-9-10/h10H,6-9H2,1-5H3. The van der Waals surface area contributed by atoms with Crippen LogP contribution >= 0.6 is 0 Å². The molecule has 1 aliphatic rings. The highest BCUT2D eigenvalue weighted by molar-refractivity contribution is 6.72. The van der Waals surface area contributed by atoms with Gasteiger partial charge in [-0.3, -0.25) is 0 Å². The fraction of sp³-hybridized carbons (Fsp3) is 1.00. The zero-order valence-corrected chi connectivity index (χ0v) is 11.2. The van der Waals surface area contributed by atoms with Crippen molar-refractivity contribution < 1.29 is 8.85 Å². The van der Waals surface area contributed by atoms with Crippen molar-refractivity contribution in [1.82, 2.24) is 0 Å². The molecule has 0 amide bonds. The number of hydrogen-bond donors (Lipinski definition) is 0. The summed E-state index contributed by atoms with van der Waals surface area (Å²) < 4.78 is 11.7. The summed E-state index contributed by atoms with van der Waals surface area (Å²) in [6.07, 6.45) is 5.29. The van der Waals surface area contributed by atoms with Gasteiger partial charge in [0, 0.05) is 24.8 Å². The molecule has 1 aliphatic carbocycles. The summed E-state index contributed by atoms with van der Waals surface area (Å²) in [5, 5.41) is 0.172. The average molecular weight is 216 g/mol. The lowest BCUT2D eigenvalue weighted by Gasteiger charge is -2.42. The van der Waals surface area contributed by atoms with Crippen LogP contribution in [0.3, 0.4) is 0 Å². The van der Waals surface area contributed by atoms with Gasteiger partial charge in [0.2, 0.25) is 0 Å². The maximum atomic E-state index is 5.85. The van der Waals surface area contributed by atoms with Crippen molar-refractivity contribution in [3.05, 3.63) is 0 Å². The van der Waals surface area contributed by atoms with Crippen LogP contribution in [0.25, 0.3) is 0 Å². The van der Waals surface area contributed by atoms with Gasteiger partial charge in [0.25, 0.3) is 0 Å². The molecule has 2 nitrogen and oxygen atoms in total. The Hall–Kier alpha value is 0.137. The van der Waals surface area contributed by atoms with E-state index in [1.165, 1.54) is 25.7 Å². The van der Waals surface area contributed by atoms with Gasteiger partial charge in [0.05, 0.1) is 0 Å². The molecular weight excluding hydrogens is 192 g/mol. The topological polar surface area (TPSA) is 18.5 Å². The Morgan fingerprint density at radius 1 is 1.00 bits per heavy atom. The minimum Gasteiger partial charge on any atom is -0.397 e. The van der Waals surface area contributed by atoms with E-state index in [-0.39, 0.29) is 5.04 Å². The van der Waals surface area contributed by atoms with E-state index < -0.39 is 8.56 Å². The molecule has 0 aliphatic heterocycles. The molecule has 1 fully saturated rings. The third-order valence-corrected chi connectivity index (χ3v) is 8.50. The number of rotatable bonds is 3. The summed E-state index contributed by atoms with van der Waals surface area (Å²) in [6.45, 7) is 6.76. The summed E-state index contributed by atoms with van der Waals surface area (Å²) in [7, 11) is 1.65. The van der Waals surface area contributed by atoms with E-state index in [2.05, 4.69) is 20.8 Å². The van der Waals surface area contributed by atoms with Crippen LogP contribution in [0, 0.1) is 0 Å². The van der Waals surface area contributed by atoms with Gasteiger partial charge in [0.15, 0.2) is 0 Å². The highest BCUT2D eigenvalue weighted by Gasteiger charge is 2.54. The van der Waals surface area contributed by atoms with Crippen LogP contribution in [-0.4, -0.2) is 22.8 Å². The second-order valence-corrected chi connectivity index (χ2v) is 9.78. The Bertz CT molecular complexity index is 176. The number of hydrogen-bond acceptors (Lipinski definition) is 2. The molecule has 84 valence electrons. The molecule has 0 saturated heterocycles. The van der Waals surface area contributed by atoms with E-state index in [9.17, 15) is 0 Å². The highest BCUT2D eigenvalue weighted by Crippen LogP contribution is 2.50. The molecular formula is C11H24O2Si. The highest BCUT2D eigenvalue weighted by atomic mass is 28.4. The zero-order chi connectivity index (χ0) is 10.8. The Balaban J connectivity index is 2.89. The molecule has 1 rings (SSSR count). The molecule has 3 heteroatoms. The molecule has 0 aromatic rings.